The van der Waals surface area contributed by atoms with Crippen molar-refractivity contribution >= 4 is 17.7 Å². The van der Waals surface area contributed by atoms with Crippen LogP contribution in [0.1, 0.15) is 28.4 Å². The Bertz CT molecular complexity index is 685. The second-order valence-corrected chi connectivity index (χ2v) is 6.55. The van der Waals surface area contributed by atoms with E-state index in [9.17, 15) is 4.79 Å². The summed E-state index contributed by atoms with van der Waals surface area (Å²) in [5, 5.41) is 2.64. The molecule has 0 spiro atoms. The summed E-state index contributed by atoms with van der Waals surface area (Å²) >= 11 is 1.82. The number of carbonyl (C=O) groups is 1. The predicted octanol–water partition coefficient (Wildman–Crippen LogP) is 4.03. The predicted molar refractivity (Wildman–Crippen MR) is 95.7 cm³/mol. The molecular weight excluding hydrogens is 306 g/mol. The molecule has 23 heavy (non-hydrogen) atoms. The maximum absolute atomic E-state index is 11.9. The van der Waals surface area contributed by atoms with Gasteiger partial charge in [0.25, 0.3) is 5.91 Å². The van der Waals surface area contributed by atoms with Crippen LogP contribution in [-0.2, 0) is 15.3 Å². The van der Waals surface area contributed by atoms with Crippen molar-refractivity contribution in [2.45, 2.75) is 30.6 Å². The molecule has 0 saturated carbocycles. The molecular formula is C19H23NO2S. The number of rotatable bonds is 6. The smallest absolute Gasteiger partial charge is 0.253 e. The minimum absolute atomic E-state index is 0.133. The van der Waals surface area contributed by atoms with Crippen molar-refractivity contribution in [3.8, 4) is 0 Å². The molecule has 2 aromatic carbocycles. The molecule has 0 heterocycles. The van der Waals surface area contributed by atoms with Crippen LogP contribution in [0.15, 0.2) is 47.4 Å². The van der Waals surface area contributed by atoms with E-state index in [1.807, 2.05) is 30.0 Å². The quantitative estimate of drug-likeness (QED) is 0.813. The van der Waals surface area contributed by atoms with Crippen molar-refractivity contribution in [3.05, 3.63) is 64.7 Å². The Labute approximate surface area is 142 Å². The van der Waals surface area contributed by atoms with Crippen LogP contribution in [0.5, 0.6) is 0 Å². The molecule has 4 heteroatoms. The lowest BCUT2D eigenvalue weighted by Gasteiger charge is -2.15. The first-order valence-electron chi connectivity index (χ1n) is 7.58. The van der Waals surface area contributed by atoms with Gasteiger partial charge in [0.2, 0.25) is 0 Å². The van der Waals surface area contributed by atoms with Crippen molar-refractivity contribution < 1.29 is 9.53 Å². The van der Waals surface area contributed by atoms with Crippen LogP contribution in [0.2, 0.25) is 0 Å². The summed E-state index contributed by atoms with van der Waals surface area (Å²) in [5.74, 6) is 0.731. The Morgan fingerprint density at radius 2 is 2.00 bits per heavy atom. The Kier molecular flexibility index (Phi) is 6.25. The fourth-order valence-corrected chi connectivity index (χ4v) is 3.46. The number of aryl methyl sites for hydroxylation is 2. The molecule has 0 saturated heterocycles. The SMILES string of the molecule is CNC(=O)C(OC)c1cccc(CSc2cc(C)ccc2C)c1. The summed E-state index contributed by atoms with van der Waals surface area (Å²) in [6.45, 7) is 4.24. The van der Waals surface area contributed by atoms with E-state index >= 15 is 0 Å². The number of amides is 1. The normalized spacial score (nSPS) is 12.0. The highest BCUT2D eigenvalue weighted by Gasteiger charge is 2.18. The average molecular weight is 329 g/mol. The largest absolute Gasteiger partial charge is 0.367 e. The van der Waals surface area contributed by atoms with Crippen LogP contribution in [0.3, 0.4) is 0 Å². The Balaban J connectivity index is 2.14. The minimum atomic E-state index is -0.564. The third-order valence-electron chi connectivity index (χ3n) is 3.71. The molecule has 0 aliphatic heterocycles. The number of nitrogens with one attached hydrogen (secondary N) is 1. The lowest BCUT2D eigenvalue weighted by Crippen LogP contribution is -2.26. The summed E-state index contributed by atoms with van der Waals surface area (Å²) in [5.41, 5.74) is 4.62. The van der Waals surface area contributed by atoms with Crippen LogP contribution >= 0.6 is 11.8 Å². The third-order valence-corrected chi connectivity index (χ3v) is 4.94. The standard InChI is InChI=1S/C19H23NO2S/c1-13-8-9-14(2)17(10-13)23-12-15-6-5-7-16(11-15)18(22-4)19(21)20-3/h5-11,18H,12H2,1-4H3,(H,20,21). The first kappa shape index (κ1) is 17.6. The molecule has 0 aliphatic rings. The molecule has 1 atom stereocenters. The van der Waals surface area contributed by atoms with Crippen LogP contribution in [-0.4, -0.2) is 20.1 Å². The summed E-state index contributed by atoms with van der Waals surface area (Å²) in [4.78, 5) is 13.2. The van der Waals surface area contributed by atoms with Crippen molar-refractivity contribution in [1.82, 2.24) is 5.32 Å². The van der Waals surface area contributed by atoms with Gasteiger partial charge in [-0.05, 0) is 36.6 Å². The zero-order chi connectivity index (χ0) is 16.8. The van der Waals surface area contributed by atoms with E-state index < -0.39 is 6.10 Å². The van der Waals surface area contributed by atoms with Crippen LogP contribution in [0.25, 0.3) is 0 Å². The van der Waals surface area contributed by atoms with Gasteiger partial charge >= 0.3 is 0 Å². The topological polar surface area (TPSA) is 38.3 Å². The van der Waals surface area contributed by atoms with E-state index in [0.717, 1.165) is 11.3 Å². The van der Waals surface area contributed by atoms with Gasteiger partial charge in [-0.1, -0.05) is 42.0 Å². The van der Waals surface area contributed by atoms with Gasteiger partial charge in [-0.15, -0.1) is 11.8 Å². The minimum Gasteiger partial charge on any atom is -0.367 e. The number of methoxy groups -OCH3 is 1. The molecule has 122 valence electrons. The molecule has 2 rings (SSSR count). The van der Waals surface area contributed by atoms with E-state index in [1.54, 1.807) is 14.2 Å². The number of hydrogen-bond acceptors (Lipinski definition) is 3. The Hall–Kier alpha value is -1.78. The number of hydrogen-bond donors (Lipinski definition) is 1. The van der Waals surface area contributed by atoms with Gasteiger partial charge in [0.1, 0.15) is 0 Å². The molecule has 0 radical (unpaired) electrons. The lowest BCUT2D eigenvalue weighted by molar-refractivity contribution is -0.130. The van der Waals surface area contributed by atoms with Crippen molar-refractivity contribution in [1.29, 1.82) is 0 Å². The van der Waals surface area contributed by atoms with Crippen molar-refractivity contribution in [2.24, 2.45) is 0 Å². The van der Waals surface area contributed by atoms with Crippen LogP contribution in [0.4, 0.5) is 0 Å². The molecule has 1 amide bonds. The second-order valence-electron chi connectivity index (χ2n) is 5.53. The van der Waals surface area contributed by atoms with Crippen LogP contribution in [0, 0.1) is 13.8 Å². The average Bonchev–Trinajstić information content (AvgIpc) is 2.56. The van der Waals surface area contributed by atoms with Gasteiger partial charge in [-0.25, -0.2) is 0 Å². The van der Waals surface area contributed by atoms with Gasteiger partial charge in [0, 0.05) is 24.8 Å². The molecule has 1 unspecified atom stereocenters. The molecule has 0 fully saturated rings. The van der Waals surface area contributed by atoms with Gasteiger partial charge in [0.05, 0.1) is 0 Å². The molecule has 1 N–H and O–H groups in total. The number of thioether (sulfide) groups is 1. The molecule has 3 nitrogen and oxygen atoms in total. The van der Waals surface area contributed by atoms with Gasteiger partial charge in [-0.2, -0.15) is 0 Å². The van der Waals surface area contributed by atoms with Crippen molar-refractivity contribution in [2.75, 3.05) is 14.2 Å². The van der Waals surface area contributed by atoms with E-state index in [2.05, 4.69) is 43.4 Å². The van der Waals surface area contributed by atoms with E-state index in [1.165, 1.54) is 21.6 Å². The first-order valence-corrected chi connectivity index (χ1v) is 8.57. The number of carbonyl (C=O) groups excluding carboxylic acids is 1. The molecule has 0 aromatic heterocycles. The Morgan fingerprint density at radius 3 is 2.70 bits per heavy atom. The fraction of sp³-hybridized carbons (Fsp3) is 0.316. The van der Waals surface area contributed by atoms with Gasteiger partial charge in [0.15, 0.2) is 6.10 Å². The summed E-state index contributed by atoms with van der Waals surface area (Å²) in [6.07, 6.45) is -0.564. The zero-order valence-corrected chi connectivity index (χ0v) is 14.9. The summed E-state index contributed by atoms with van der Waals surface area (Å²) in [6, 6.07) is 14.5. The third kappa shape index (κ3) is 4.60. The maximum Gasteiger partial charge on any atom is 0.253 e. The highest BCUT2D eigenvalue weighted by atomic mass is 32.2. The van der Waals surface area contributed by atoms with E-state index in [0.29, 0.717) is 0 Å². The number of benzene rings is 2. The molecule has 0 bridgehead atoms. The number of likely N-dealkylation sites (N-methyl/N-ethyl adjacent to an activating group) is 1. The highest BCUT2D eigenvalue weighted by Crippen LogP contribution is 2.28. The molecule has 2 aromatic rings. The van der Waals surface area contributed by atoms with E-state index in [4.69, 9.17) is 4.74 Å². The lowest BCUT2D eigenvalue weighted by atomic mass is 10.1. The monoisotopic (exact) mass is 329 g/mol. The summed E-state index contributed by atoms with van der Waals surface area (Å²) in [7, 11) is 3.17. The zero-order valence-electron chi connectivity index (χ0n) is 14.1. The van der Waals surface area contributed by atoms with Crippen LogP contribution < -0.4 is 5.32 Å². The fourth-order valence-electron chi connectivity index (χ4n) is 2.40. The van der Waals surface area contributed by atoms with Gasteiger partial charge in [-0.3, -0.25) is 4.79 Å². The molecule has 0 aliphatic carbocycles. The first-order chi connectivity index (χ1) is 11.0. The highest BCUT2D eigenvalue weighted by molar-refractivity contribution is 7.98. The maximum atomic E-state index is 11.9. The number of ether oxygens (including phenoxy) is 1. The Morgan fingerprint density at radius 1 is 1.22 bits per heavy atom. The second kappa shape index (κ2) is 8.18. The van der Waals surface area contributed by atoms with Gasteiger partial charge < -0.3 is 10.1 Å². The van der Waals surface area contributed by atoms with Crippen molar-refractivity contribution in [3.63, 3.8) is 0 Å². The summed E-state index contributed by atoms with van der Waals surface area (Å²) < 4.78 is 5.32. The van der Waals surface area contributed by atoms with E-state index in [-0.39, 0.29) is 5.91 Å².